The molecule has 6 heteroatoms. The van der Waals surface area contributed by atoms with Crippen LogP contribution < -0.4 is 10.1 Å². The molecule has 0 saturated heterocycles. The molecule has 0 aliphatic rings. The molecule has 0 bridgehead atoms. The van der Waals surface area contributed by atoms with Gasteiger partial charge >= 0.3 is 0 Å². The van der Waals surface area contributed by atoms with Crippen molar-refractivity contribution >= 4 is 11.6 Å². The molecule has 2 aromatic carbocycles. The van der Waals surface area contributed by atoms with E-state index in [4.69, 9.17) is 4.74 Å². The van der Waals surface area contributed by atoms with E-state index in [1.165, 1.54) is 36.5 Å². The lowest BCUT2D eigenvalue weighted by molar-refractivity contribution is 0.102. The second-order valence-corrected chi connectivity index (χ2v) is 5.20. The molecule has 3 aromatic rings. The third kappa shape index (κ3) is 4.17. The van der Waals surface area contributed by atoms with Crippen molar-refractivity contribution in [1.29, 1.82) is 0 Å². The number of carbonyl (C=O) groups excluding carboxylic acids is 1. The fourth-order valence-electron chi connectivity index (χ4n) is 2.17. The first-order chi connectivity index (χ1) is 12.1. The van der Waals surface area contributed by atoms with Gasteiger partial charge in [-0.15, -0.1) is 0 Å². The molecule has 126 valence electrons. The van der Waals surface area contributed by atoms with Crippen LogP contribution in [0.15, 0.2) is 66.9 Å². The molecule has 25 heavy (non-hydrogen) atoms. The Morgan fingerprint density at radius 2 is 1.76 bits per heavy atom. The molecular weight excluding hydrogens is 326 g/mol. The van der Waals surface area contributed by atoms with Crippen LogP contribution in [0.4, 0.5) is 14.5 Å². The van der Waals surface area contributed by atoms with Crippen molar-refractivity contribution in [2.75, 3.05) is 5.32 Å². The highest BCUT2D eigenvalue weighted by atomic mass is 19.1. The number of halogens is 2. The van der Waals surface area contributed by atoms with Gasteiger partial charge in [-0.2, -0.15) is 0 Å². The van der Waals surface area contributed by atoms with E-state index in [-0.39, 0.29) is 18.1 Å². The Kier molecular flexibility index (Phi) is 4.99. The quantitative estimate of drug-likeness (QED) is 0.758. The first-order valence-electron chi connectivity index (χ1n) is 7.51. The van der Waals surface area contributed by atoms with Crippen molar-refractivity contribution in [3.8, 4) is 5.88 Å². The molecule has 0 fully saturated rings. The predicted octanol–water partition coefficient (Wildman–Crippen LogP) is 4.19. The topological polar surface area (TPSA) is 51.2 Å². The van der Waals surface area contributed by atoms with Crippen LogP contribution in [0.3, 0.4) is 0 Å². The maximum atomic E-state index is 13.7. The van der Waals surface area contributed by atoms with E-state index in [2.05, 4.69) is 10.3 Å². The molecule has 0 atom stereocenters. The van der Waals surface area contributed by atoms with E-state index in [0.717, 1.165) is 0 Å². The number of amides is 1. The van der Waals surface area contributed by atoms with E-state index in [1.807, 2.05) is 0 Å². The predicted molar refractivity (Wildman–Crippen MR) is 89.3 cm³/mol. The third-order valence-corrected chi connectivity index (χ3v) is 3.44. The molecule has 0 spiro atoms. The number of nitrogens with one attached hydrogen (secondary N) is 1. The maximum absolute atomic E-state index is 13.7. The number of benzene rings is 2. The number of hydrogen-bond acceptors (Lipinski definition) is 3. The summed E-state index contributed by atoms with van der Waals surface area (Å²) in [6, 6.07) is 14.7. The van der Waals surface area contributed by atoms with Gasteiger partial charge in [-0.25, -0.2) is 13.8 Å². The minimum atomic E-state index is -0.455. The Morgan fingerprint density at radius 1 is 1.00 bits per heavy atom. The summed E-state index contributed by atoms with van der Waals surface area (Å²) < 4.78 is 32.1. The molecule has 0 unspecified atom stereocenters. The van der Waals surface area contributed by atoms with Gasteiger partial charge in [0.1, 0.15) is 23.8 Å². The Balaban J connectivity index is 1.75. The van der Waals surface area contributed by atoms with Crippen LogP contribution in [0.25, 0.3) is 0 Å². The minimum Gasteiger partial charge on any atom is -0.472 e. The molecule has 1 amide bonds. The highest BCUT2D eigenvalue weighted by molar-refractivity contribution is 6.05. The maximum Gasteiger partial charge on any atom is 0.261 e. The zero-order valence-corrected chi connectivity index (χ0v) is 13.1. The Hall–Kier alpha value is -3.28. The second kappa shape index (κ2) is 7.53. The summed E-state index contributed by atoms with van der Waals surface area (Å²) >= 11 is 0. The SMILES string of the molecule is O=C(Nc1ccc(F)cc1)c1cccnc1OCc1ccccc1F. The number of pyridine rings is 1. The average Bonchev–Trinajstić information content (AvgIpc) is 2.63. The van der Waals surface area contributed by atoms with Crippen molar-refractivity contribution in [3.05, 3.63) is 89.6 Å². The number of anilines is 1. The number of nitrogens with zero attached hydrogens (tertiary/aromatic N) is 1. The highest BCUT2D eigenvalue weighted by Gasteiger charge is 2.14. The molecule has 1 heterocycles. The minimum absolute atomic E-state index is 0.0550. The summed E-state index contributed by atoms with van der Waals surface area (Å²) in [6.07, 6.45) is 1.48. The number of carbonyl (C=O) groups is 1. The van der Waals surface area contributed by atoms with E-state index >= 15 is 0 Å². The molecule has 0 aliphatic carbocycles. The molecule has 1 N–H and O–H groups in total. The standard InChI is InChI=1S/C19H14F2N2O2/c20-14-7-9-15(10-8-14)23-18(24)16-5-3-11-22-19(16)25-12-13-4-1-2-6-17(13)21/h1-11H,12H2,(H,23,24). The fourth-order valence-corrected chi connectivity index (χ4v) is 2.17. The van der Waals surface area contributed by atoms with Crippen LogP contribution in [-0.2, 0) is 6.61 Å². The first kappa shape index (κ1) is 16.6. The Bertz CT molecular complexity index is 883. The summed E-state index contributed by atoms with van der Waals surface area (Å²) in [4.78, 5) is 16.4. The zero-order valence-electron chi connectivity index (χ0n) is 13.1. The van der Waals surface area contributed by atoms with Gasteiger partial charge in [-0.05, 0) is 42.5 Å². The van der Waals surface area contributed by atoms with Crippen LogP contribution in [0.5, 0.6) is 5.88 Å². The van der Waals surface area contributed by atoms with Crippen LogP contribution in [0.2, 0.25) is 0 Å². The highest BCUT2D eigenvalue weighted by Crippen LogP contribution is 2.19. The van der Waals surface area contributed by atoms with Crippen LogP contribution >= 0.6 is 0 Å². The smallest absolute Gasteiger partial charge is 0.261 e. The molecule has 0 aliphatic heterocycles. The lowest BCUT2D eigenvalue weighted by atomic mass is 10.2. The second-order valence-electron chi connectivity index (χ2n) is 5.20. The van der Waals surface area contributed by atoms with Crippen LogP contribution in [0.1, 0.15) is 15.9 Å². The normalized spacial score (nSPS) is 10.3. The van der Waals surface area contributed by atoms with E-state index in [0.29, 0.717) is 11.3 Å². The van der Waals surface area contributed by atoms with Gasteiger partial charge in [0, 0.05) is 17.4 Å². The summed E-state index contributed by atoms with van der Waals surface area (Å²) in [5, 5.41) is 2.64. The molecule has 4 nitrogen and oxygen atoms in total. The summed E-state index contributed by atoms with van der Waals surface area (Å²) in [5.41, 5.74) is 0.997. The number of rotatable bonds is 5. The largest absolute Gasteiger partial charge is 0.472 e. The van der Waals surface area contributed by atoms with Gasteiger partial charge < -0.3 is 10.1 Å². The van der Waals surface area contributed by atoms with Crippen LogP contribution in [-0.4, -0.2) is 10.9 Å². The van der Waals surface area contributed by atoms with Crippen molar-refractivity contribution < 1.29 is 18.3 Å². The molecule has 3 rings (SSSR count). The number of ether oxygens (including phenoxy) is 1. The number of hydrogen-bond donors (Lipinski definition) is 1. The molecule has 1 aromatic heterocycles. The van der Waals surface area contributed by atoms with E-state index in [9.17, 15) is 13.6 Å². The summed E-state index contributed by atoms with van der Waals surface area (Å²) in [6.45, 7) is -0.0550. The van der Waals surface area contributed by atoms with Gasteiger partial charge in [0.25, 0.3) is 5.91 Å². The van der Waals surface area contributed by atoms with Gasteiger partial charge in [-0.3, -0.25) is 4.79 Å². The lowest BCUT2D eigenvalue weighted by Crippen LogP contribution is -2.14. The van der Waals surface area contributed by atoms with Gasteiger partial charge in [0.15, 0.2) is 0 Å². The van der Waals surface area contributed by atoms with Gasteiger partial charge in [0.05, 0.1) is 0 Å². The summed E-state index contributed by atoms with van der Waals surface area (Å²) in [5.74, 6) is -1.15. The van der Waals surface area contributed by atoms with Crippen molar-refractivity contribution in [2.24, 2.45) is 0 Å². The number of aromatic nitrogens is 1. The van der Waals surface area contributed by atoms with Crippen molar-refractivity contribution in [2.45, 2.75) is 6.61 Å². The third-order valence-electron chi connectivity index (χ3n) is 3.44. The van der Waals surface area contributed by atoms with E-state index < -0.39 is 17.5 Å². The van der Waals surface area contributed by atoms with Crippen molar-refractivity contribution in [1.82, 2.24) is 4.98 Å². The fraction of sp³-hybridized carbons (Fsp3) is 0.0526. The molecule has 0 radical (unpaired) electrons. The Labute approximate surface area is 143 Å². The zero-order chi connectivity index (χ0) is 17.6. The van der Waals surface area contributed by atoms with Gasteiger partial charge in [0.2, 0.25) is 5.88 Å². The first-order valence-corrected chi connectivity index (χ1v) is 7.51. The lowest BCUT2D eigenvalue weighted by Gasteiger charge is -2.11. The molecule has 0 saturated carbocycles. The monoisotopic (exact) mass is 340 g/mol. The molecular formula is C19H14F2N2O2. The van der Waals surface area contributed by atoms with Crippen molar-refractivity contribution in [3.63, 3.8) is 0 Å². The van der Waals surface area contributed by atoms with Crippen LogP contribution in [0, 0.1) is 11.6 Å². The average molecular weight is 340 g/mol. The van der Waals surface area contributed by atoms with Gasteiger partial charge in [-0.1, -0.05) is 18.2 Å². The summed E-state index contributed by atoms with van der Waals surface area (Å²) in [7, 11) is 0. The van der Waals surface area contributed by atoms with E-state index in [1.54, 1.807) is 30.3 Å². The Morgan fingerprint density at radius 3 is 2.52 bits per heavy atom.